The van der Waals surface area contributed by atoms with Gasteiger partial charge in [0.05, 0.1) is 6.04 Å². The molecule has 0 saturated carbocycles. The summed E-state index contributed by atoms with van der Waals surface area (Å²) >= 11 is 3.37. The van der Waals surface area contributed by atoms with E-state index in [0.717, 1.165) is 16.0 Å². The molecule has 0 bridgehead atoms. The first-order valence-corrected chi connectivity index (χ1v) is 11.0. The largest absolute Gasteiger partial charge is 0.437 e. The molecule has 29 heavy (non-hydrogen) atoms. The lowest BCUT2D eigenvalue weighted by molar-refractivity contribution is -0.134. The molecule has 6 nitrogen and oxygen atoms in total. The van der Waals surface area contributed by atoms with Crippen LogP contribution in [0.4, 0.5) is 0 Å². The van der Waals surface area contributed by atoms with E-state index in [0.29, 0.717) is 12.1 Å². The summed E-state index contributed by atoms with van der Waals surface area (Å²) in [5.41, 5.74) is 1.88. The molecule has 146 valence electrons. The van der Waals surface area contributed by atoms with Crippen LogP contribution in [0, 0.1) is 0 Å². The number of rotatable bonds is 4. The van der Waals surface area contributed by atoms with Crippen LogP contribution >= 0.6 is 22.7 Å². The number of nitrogens with zero attached hydrogens (tertiary/aromatic N) is 3. The summed E-state index contributed by atoms with van der Waals surface area (Å²) in [7, 11) is 0. The van der Waals surface area contributed by atoms with Crippen molar-refractivity contribution in [1.82, 2.24) is 14.7 Å². The molecule has 1 unspecified atom stereocenters. The minimum Gasteiger partial charge on any atom is -0.388 e. The van der Waals surface area contributed by atoms with Crippen LogP contribution in [0.1, 0.15) is 21.4 Å². The Morgan fingerprint density at radius 3 is 2.76 bits per heavy atom. The van der Waals surface area contributed by atoms with Crippen molar-refractivity contribution >= 4 is 28.6 Å². The molecule has 4 heterocycles. The van der Waals surface area contributed by atoms with Crippen molar-refractivity contribution in [2.24, 2.45) is 0 Å². The number of thiophene rings is 2. The zero-order chi connectivity index (χ0) is 19.8. The van der Waals surface area contributed by atoms with Crippen molar-refractivity contribution in [1.29, 1.82) is 0 Å². The summed E-state index contributed by atoms with van der Waals surface area (Å²) in [4.78, 5) is 29.7. The number of carbonyl (C=O) groups excluding carboxylic acids is 1. The van der Waals surface area contributed by atoms with Crippen LogP contribution in [0.5, 0.6) is 0 Å². The number of hydrogen-bond acceptors (Lipinski definition) is 6. The van der Waals surface area contributed by atoms with Gasteiger partial charge in [0.2, 0.25) is 11.8 Å². The molecule has 4 aromatic rings. The summed E-state index contributed by atoms with van der Waals surface area (Å²) in [6.07, 6.45) is 0.823. The SMILES string of the molecule is O=C(Cn1nc(-c2ccccc2)oc1=O)N1CCc2sccc2C1c1cccs1. The molecule has 0 spiro atoms. The summed E-state index contributed by atoms with van der Waals surface area (Å²) in [5, 5.41) is 8.33. The fraction of sp³-hybridized carbons (Fsp3) is 0.190. The second-order valence-corrected chi connectivity index (χ2v) is 8.73. The Hall–Kier alpha value is -2.97. The monoisotopic (exact) mass is 423 g/mol. The maximum Gasteiger partial charge on any atom is 0.437 e. The van der Waals surface area contributed by atoms with Crippen LogP contribution in [-0.2, 0) is 17.8 Å². The van der Waals surface area contributed by atoms with Crippen LogP contribution in [0.3, 0.4) is 0 Å². The number of carbonyl (C=O) groups is 1. The molecule has 0 N–H and O–H groups in total. The molecule has 1 atom stereocenters. The van der Waals surface area contributed by atoms with Gasteiger partial charge >= 0.3 is 5.76 Å². The number of amides is 1. The van der Waals surface area contributed by atoms with Gasteiger partial charge in [-0.05, 0) is 47.0 Å². The topological polar surface area (TPSA) is 68.3 Å². The average Bonchev–Trinajstić information content (AvgIpc) is 3.49. The van der Waals surface area contributed by atoms with Gasteiger partial charge in [0.1, 0.15) is 6.54 Å². The van der Waals surface area contributed by atoms with Gasteiger partial charge in [0.15, 0.2) is 0 Å². The Morgan fingerprint density at radius 2 is 1.97 bits per heavy atom. The predicted molar refractivity (Wildman–Crippen MR) is 112 cm³/mol. The first kappa shape index (κ1) is 18.1. The summed E-state index contributed by atoms with van der Waals surface area (Å²) in [6, 6.07) is 15.2. The van der Waals surface area contributed by atoms with Gasteiger partial charge in [0.25, 0.3) is 0 Å². The fourth-order valence-electron chi connectivity index (χ4n) is 3.66. The van der Waals surface area contributed by atoms with E-state index in [2.05, 4.69) is 22.6 Å². The molecular formula is C21H17N3O3S2. The molecule has 0 aliphatic carbocycles. The Balaban J connectivity index is 1.44. The molecule has 0 fully saturated rings. The lowest BCUT2D eigenvalue weighted by atomic mass is 9.98. The third-order valence-corrected chi connectivity index (χ3v) is 6.93. The molecule has 0 radical (unpaired) electrons. The molecule has 5 rings (SSSR count). The third-order valence-electron chi connectivity index (χ3n) is 5.01. The molecule has 0 saturated heterocycles. The van der Waals surface area contributed by atoms with Crippen LogP contribution in [0.15, 0.2) is 68.5 Å². The fourth-order valence-corrected chi connectivity index (χ4v) is 5.42. The molecule has 1 amide bonds. The van der Waals surface area contributed by atoms with E-state index in [1.54, 1.807) is 22.7 Å². The van der Waals surface area contributed by atoms with Crippen molar-refractivity contribution in [3.05, 3.63) is 85.2 Å². The van der Waals surface area contributed by atoms with E-state index in [-0.39, 0.29) is 24.4 Å². The van der Waals surface area contributed by atoms with Gasteiger partial charge in [0, 0.05) is 21.9 Å². The van der Waals surface area contributed by atoms with E-state index >= 15 is 0 Å². The normalized spacial score (nSPS) is 16.0. The van der Waals surface area contributed by atoms with E-state index < -0.39 is 5.76 Å². The molecule has 8 heteroatoms. The minimum atomic E-state index is -0.627. The summed E-state index contributed by atoms with van der Waals surface area (Å²) < 4.78 is 6.37. The predicted octanol–water partition coefficient (Wildman–Crippen LogP) is 3.80. The molecule has 1 aliphatic heterocycles. The standard InChI is InChI=1S/C21H17N3O3S2/c25-18(13-24-21(26)27-20(22-24)14-5-2-1-3-6-14)23-10-8-16-15(9-12-29-16)19(23)17-7-4-11-28-17/h1-7,9,11-12,19H,8,10,13H2. The number of aromatic nitrogens is 2. The number of fused-ring (bicyclic) bond motifs is 1. The second kappa shape index (κ2) is 7.46. The maximum atomic E-state index is 13.2. The Kier molecular flexibility index (Phi) is 4.65. The second-order valence-electron chi connectivity index (χ2n) is 6.75. The van der Waals surface area contributed by atoms with E-state index in [9.17, 15) is 9.59 Å². The van der Waals surface area contributed by atoms with Crippen LogP contribution < -0.4 is 5.76 Å². The zero-order valence-electron chi connectivity index (χ0n) is 15.4. The highest BCUT2D eigenvalue weighted by Gasteiger charge is 2.33. The highest BCUT2D eigenvalue weighted by molar-refractivity contribution is 7.10. The van der Waals surface area contributed by atoms with E-state index in [1.165, 1.54) is 10.4 Å². The smallest absolute Gasteiger partial charge is 0.388 e. The van der Waals surface area contributed by atoms with Gasteiger partial charge in [-0.1, -0.05) is 24.3 Å². The first-order valence-electron chi connectivity index (χ1n) is 9.23. The van der Waals surface area contributed by atoms with Gasteiger partial charge in [-0.15, -0.1) is 27.8 Å². The number of benzene rings is 1. The van der Waals surface area contributed by atoms with Crippen molar-refractivity contribution in [2.45, 2.75) is 19.0 Å². The minimum absolute atomic E-state index is 0.117. The van der Waals surface area contributed by atoms with Crippen LogP contribution in [-0.4, -0.2) is 27.1 Å². The molecular weight excluding hydrogens is 406 g/mol. The lowest BCUT2D eigenvalue weighted by Crippen LogP contribution is -2.42. The zero-order valence-corrected chi connectivity index (χ0v) is 17.0. The van der Waals surface area contributed by atoms with E-state index in [4.69, 9.17) is 4.42 Å². The van der Waals surface area contributed by atoms with Gasteiger partial charge in [-0.2, -0.15) is 4.68 Å². The summed E-state index contributed by atoms with van der Waals surface area (Å²) in [5.74, 6) is -0.551. The van der Waals surface area contributed by atoms with Gasteiger partial charge < -0.3 is 9.32 Å². The Morgan fingerprint density at radius 1 is 1.10 bits per heavy atom. The van der Waals surface area contributed by atoms with Gasteiger partial charge in [-0.3, -0.25) is 4.79 Å². The maximum absolute atomic E-state index is 13.2. The Labute approximate surface area is 174 Å². The average molecular weight is 424 g/mol. The molecule has 3 aromatic heterocycles. The molecule has 1 aromatic carbocycles. The van der Waals surface area contributed by atoms with Crippen molar-refractivity contribution < 1.29 is 9.21 Å². The first-order chi connectivity index (χ1) is 14.2. The van der Waals surface area contributed by atoms with Crippen LogP contribution in [0.25, 0.3) is 11.5 Å². The van der Waals surface area contributed by atoms with Crippen molar-refractivity contribution in [3.8, 4) is 11.5 Å². The van der Waals surface area contributed by atoms with E-state index in [1.807, 2.05) is 46.7 Å². The quantitative estimate of drug-likeness (QED) is 0.501. The highest BCUT2D eigenvalue weighted by Crippen LogP contribution is 2.39. The lowest BCUT2D eigenvalue weighted by Gasteiger charge is -2.35. The molecule has 1 aliphatic rings. The summed E-state index contributed by atoms with van der Waals surface area (Å²) in [6.45, 7) is 0.476. The van der Waals surface area contributed by atoms with Crippen molar-refractivity contribution in [2.75, 3.05) is 6.54 Å². The number of hydrogen-bond donors (Lipinski definition) is 0. The Bertz CT molecular complexity index is 1190. The third kappa shape index (κ3) is 3.34. The van der Waals surface area contributed by atoms with Crippen LogP contribution in [0.2, 0.25) is 0 Å². The highest BCUT2D eigenvalue weighted by atomic mass is 32.1. The van der Waals surface area contributed by atoms with Gasteiger partial charge in [-0.25, -0.2) is 4.79 Å². The van der Waals surface area contributed by atoms with Crippen molar-refractivity contribution in [3.63, 3.8) is 0 Å².